The molecular formula is C10H11NO4. The monoisotopic (exact) mass is 209 g/mol. The number of carbonyl (C=O) groups is 2. The number of nitrogens with zero attached hydrogens (tertiary/aromatic N) is 1. The average Bonchev–Trinajstić information content (AvgIpc) is 2.25. The minimum Gasteiger partial charge on any atom is -0.481 e. The number of carbonyl (C=O) groups excluding carboxylic acids is 1. The Morgan fingerprint density at radius 1 is 1.33 bits per heavy atom. The van der Waals surface area contributed by atoms with E-state index in [0.29, 0.717) is 5.88 Å². The van der Waals surface area contributed by atoms with E-state index in [1.165, 1.54) is 0 Å². The number of pyridine rings is 1. The Labute approximate surface area is 86.7 Å². The molecule has 0 spiro atoms. The minimum atomic E-state index is -0.985. The second-order valence-electron chi connectivity index (χ2n) is 2.89. The maximum absolute atomic E-state index is 11.1. The summed E-state index contributed by atoms with van der Waals surface area (Å²) < 4.78 is 5.05. The van der Waals surface area contributed by atoms with E-state index in [-0.39, 0.29) is 25.2 Å². The lowest BCUT2D eigenvalue weighted by Gasteiger charge is -2.02. The second kappa shape index (κ2) is 5.74. The van der Waals surface area contributed by atoms with Gasteiger partial charge in [-0.15, -0.1) is 0 Å². The smallest absolute Gasteiger partial charge is 0.303 e. The van der Waals surface area contributed by atoms with Gasteiger partial charge < -0.3 is 9.84 Å². The quantitative estimate of drug-likeness (QED) is 0.753. The first kappa shape index (κ1) is 11.2. The molecule has 0 aromatic carbocycles. The van der Waals surface area contributed by atoms with Crippen LogP contribution in [0.4, 0.5) is 0 Å². The molecule has 5 nitrogen and oxygen atoms in total. The van der Waals surface area contributed by atoms with Crippen molar-refractivity contribution in [3.05, 3.63) is 24.4 Å². The zero-order valence-corrected chi connectivity index (χ0v) is 8.05. The van der Waals surface area contributed by atoms with Gasteiger partial charge in [-0.2, -0.15) is 0 Å². The second-order valence-corrected chi connectivity index (χ2v) is 2.89. The van der Waals surface area contributed by atoms with Gasteiger partial charge in [0, 0.05) is 18.7 Å². The lowest BCUT2D eigenvalue weighted by molar-refractivity contribution is -0.138. The Hall–Kier alpha value is -1.91. The molecule has 0 aliphatic carbocycles. The molecule has 0 bridgehead atoms. The van der Waals surface area contributed by atoms with Crippen LogP contribution >= 0.6 is 0 Å². The van der Waals surface area contributed by atoms with Crippen molar-refractivity contribution in [3.63, 3.8) is 0 Å². The molecule has 0 aliphatic rings. The molecule has 5 heteroatoms. The van der Waals surface area contributed by atoms with Crippen LogP contribution in [0.5, 0.6) is 5.88 Å². The zero-order valence-electron chi connectivity index (χ0n) is 8.05. The molecule has 1 heterocycles. The van der Waals surface area contributed by atoms with Crippen LogP contribution < -0.4 is 4.74 Å². The number of rotatable bonds is 6. The molecule has 0 atom stereocenters. The fourth-order valence-corrected chi connectivity index (χ4v) is 0.905. The highest BCUT2D eigenvalue weighted by Crippen LogP contribution is 2.03. The molecule has 0 saturated heterocycles. The third-order valence-corrected chi connectivity index (χ3v) is 1.64. The Morgan fingerprint density at radius 3 is 2.73 bits per heavy atom. The summed E-state index contributed by atoms with van der Waals surface area (Å²) in [5.74, 6) is -0.870. The van der Waals surface area contributed by atoms with Crippen LogP contribution in [0, 0.1) is 0 Å². The van der Waals surface area contributed by atoms with Crippen molar-refractivity contribution >= 4 is 11.8 Å². The molecular weight excluding hydrogens is 198 g/mol. The topological polar surface area (TPSA) is 76.5 Å². The molecule has 0 fully saturated rings. The summed E-state index contributed by atoms with van der Waals surface area (Å²) in [6.07, 6.45) is 1.38. The van der Waals surface area contributed by atoms with E-state index in [1.54, 1.807) is 24.4 Å². The highest BCUT2D eigenvalue weighted by atomic mass is 16.5. The maximum Gasteiger partial charge on any atom is 0.303 e. The van der Waals surface area contributed by atoms with E-state index in [2.05, 4.69) is 4.98 Å². The Morgan fingerprint density at radius 2 is 2.13 bits per heavy atom. The number of aromatic nitrogens is 1. The number of carboxylic acid groups (broad SMARTS) is 1. The van der Waals surface area contributed by atoms with Gasteiger partial charge in [0.25, 0.3) is 0 Å². The van der Waals surface area contributed by atoms with E-state index in [4.69, 9.17) is 9.84 Å². The number of Topliss-reactive ketones (excluding diaryl/α,β-unsaturated/α-hetero) is 1. The Kier molecular flexibility index (Phi) is 4.28. The number of carboxylic acids is 1. The van der Waals surface area contributed by atoms with Crippen molar-refractivity contribution in [2.75, 3.05) is 6.61 Å². The van der Waals surface area contributed by atoms with Gasteiger partial charge in [-0.1, -0.05) is 6.07 Å². The molecule has 1 N–H and O–H groups in total. The highest BCUT2D eigenvalue weighted by Gasteiger charge is 2.06. The zero-order chi connectivity index (χ0) is 11.1. The van der Waals surface area contributed by atoms with Crippen LogP contribution in [0.1, 0.15) is 12.8 Å². The van der Waals surface area contributed by atoms with Crippen molar-refractivity contribution < 1.29 is 19.4 Å². The summed E-state index contributed by atoms with van der Waals surface area (Å²) in [4.78, 5) is 25.1. The molecule has 1 aromatic heterocycles. The van der Waals surface area contributed by atoms with Gasteiger partial charge in [0.1, 0.15) is 6.61 Å². The fraction of sp³-hybridized carbons (Fsp3) is 0.300. The van der Waals surface area contributed by atoms with E-state index < -0.39 is 5.97 Å². The number of aliphatic carboxylic acids is 1. The van der Waals surface area contributed by atoms with Crippen molar-refractivity contribution in [1.82, 2.24) is 4.98 Å². The van der Waals surface area contributed by atoms with Crippen LogP contribution in [0.15, 0.2) is 24.4 Å². The van der Waals surface area contributed by atoms with E-state index in [0.717, 1.165) is 0 Å². The van der Waals surface area contributed by atoms with E-state index in [1.807, 2.05) is 0 Å². The SMILES string of the molecule is O=C(O)CCC(=O)COc1ccccn1. The average molecular weight is 209 g/mol. The van der Waals surface area contributed by atoms with Crippen LogP contribution in [0.2, 0.25) is 0 Å². The Bertz CT molecular complexity index is 337. The molecule has 0 aliphatic heterocycles. The lowest BCUT2D eigenvalue weighted by atomic mass is 10.2. The van der Waals surface area contributed by atoms with Gasteiger partial charge in [-0.25, -0.2) is 4.98 Å². The first-order chi connectivity index (χ1) is 7.18. The summed E-state index contributed by atoms with van der Waals surface area (Å²) in [6, 6.07) is 5.10. The molecule has 0 radical (unpaired) electrons. The largest absolute Gasteiger partial charge is 0.481 e. The molecule has 15 heavy (non-hydrogen) atoms. The summed E-state index contributed by atoms with van der Waals surface area (Å²) in [6.45, 7) is -0.135. The number of hydrogen-bond donors (Lipinski definition) is 1. The standard InChI is InChI=1S/C10H11NO4/c12-8(4-5-10(13)14)7-15-9-3-1-2-6-11-9/h1-3,6H,4-5,7H2,(H,13,14). The summed E-state index contributed by atoms with van der Waals surface area (Å²) in [5.41, 5.74) is 0. The first-order valence-electron chi connectivity index (χ1n) is 4.46. The lowest BCUT2D eigenvalue weighted by Crippen LogP contribution is -2.13. The summed E-state index contributed by atoms with van der Waals surface area (Å²) in [5, 5.41) is 8.34. The highest BCUT2D eigenvalue weighted by molar-refractivity contribution is 5.83. The summed E-state index contributed by atoms with van der Waals surface area (Å²) in [7, 11) is 0. The van der Waals surface area contributed by atoms with Crippen molar-refractivity contribution in [3.8, 4) is 5.88 Å². The third-order valence-electron chi connectivity index (χ3n) is 1.64. The minimum absolute atomic E-state index is 0.0117. The third kappa shape index (κ3) is 4.75. The molecule has 0 unspecified atom stereocenters. The first-order valence-corrected chi connectivity index (χ1v) is 4.46. The van der Waals surface area contributed by atoms with Crippen molar-refractivity contribution in [2.45, 2.75) is 12.8 Å². The maximum atomic E-state index is 11.1. The van der Waals surface area contributed by atoms with Crippen LogP contribution in [-0.4, -0.2) is 28.4 Å². The van der Waals surface area contributed by atoms with E-state index in [9.17, 15) is 9.59 Å². The van der Waals surface area contributed by atoms with Crippen LogP contribution in [-0.2, 0) is 9.59 Å². The predicted molar refractivity (Wildman–Crippen MR) is 51.6 cm³/mol. The molecule has 0 amide bonds. The van der Waals surface area contributed by atoms with Gasteiger partial charge >= 0.3 is 5.97 Å². The van der Waals surface area contributed by atoms with Crippen LogP contribution in [0.3, 0.4) is 0 Å². The molecule has 1 aromatic rings. The summed E-state index contributed by atoms with van der Waals surface area (Å²) >= 11 is 0. The van der Waals surface area contributed by atoms with Crippen LogP contribution in [0.25, 0.3) is 0 Å². The number of ketones is 1. The molecule has 0 saturated carbocycles. The normalized spacial score (nSPS) is 9.60. The van der Waals surface area contributed by atoms with Crippen molar-refractivity contribution in [1.29, 1.82) is 0 Å². The predicted octanol–water partition coefficient (Wildman–Crippen LogP) is 0.894. The number of hydrogen-bond acceptors (Lipinski definition) is 4. The van der Waals surface area contributed by atoms with Gasteiger partial charge in [0.15, 0.2) is 5.78 Å². The van der Waals surface area contributed by atoms with Gasteiger partial charge in [-0.3, -0.25) is 9.59 Å². The van der Waals surface area contributed by atoms with Crippen molar-refractivity contribution in [2.24, 2.45) is 0 Å². The fourth-order valence-electron chi connectivity index (χ4n) is 0.905. The van der Waals surface area contributed by atoms with E-state index >= 15 is 0 Å². The molecule has 80 valence electrons. The Balaban J connectivity index is 2.26. The van der Waals surface area contributed by atoms with Gasteiger partial charge in [-0.05, 0) is 6.07 Å². The van der Waals surface area contributed by atoms with Gasteiger partial charge in [0.05, 0.1) is 6.42 Å². The van der Waals surface area contributed by atoms with Gasteiger partial charge in [0.2, 0.25) is 5.88 Å². The number of ether oxygens (including phenoxy) is 1. The molecule has 1 rings (SSSR count).